The second-order valence-corrected chi connectivity index (χ2v) is 10.8. The predicted molar refractivity (Wildman–Crippen MR) is 153 cm³/mol. The standard InChI is InChI=1S/C33H31FN2O5/c1-18-13-20(27-11-12-36(3)33(38)35-27)14-19(2)31(18)24-7-9-26(34)32-25(24)8-10-28(32)41-22-5-6-23-21(15-30(37)39-4)17-40-29(23)16-22/h5-7,9,11-14,16,21,28H,8,10,15,17H2,1-4H3/t21-,28-/m1/s1. The Balaban J connectivity index is 1.30. The van der Waals surface area contributed by atoms with Crippen molar-refractivity contribution in [1.29, 1.82) is 0 Å². The molecule has 0 saturated heterocycles. The van der Waals surface area contributed by atoms with Gasteiger partial charge in [-0.05, 0) is 84.8 Å². The minimum Gasteiger partial charge on any atom is -0.492 e. The Labute approximate surface area is 237 Å². The molecule has 1 aromatic heterocycles. The Morgan fingerprint density at radius 3 is 2.63 bits per heavy atom. The molecule has 7 nitrogen and oxygen atoms in total. The van der Waals surface area contributed by atoms with Crippen molar-refractivity contribution in [2.24, 2.45) is 7.05 Å². The van der Waals surface area contributed by atoms with Gasteiger partial charge < -0.3 is 18.8 Å². The lowest BCUT2D eigenvalue weighted by atomic mass is 9.88. The maximum absolute atomic E-state index is 15.3. The molecule has 1 aliphatic heterocycles. The van der Waals surface area contributed by atoms with Crippen molar-refractivity contribution in [3.8, 4) is 33.9 Å². The number of aryl methyl sites for hydroxylation is 3. The minimum absolute atomic E-state index is 0.0559. The molecule has 0 amide bonds. The second kappa shape index (κ2) is 10.5. The van der Waals surface area contributed by atoms with Crippen LogP contribution >= 0.6 is 0 Å². The first-order valence-electron chi connectivity index (χ1n) is 13.7. The van der Waals surface area contributed by atoms with Crippen molar-refractivity contribution >= 4 is 5.97 Å². The number of fused-ring (bicyclic) bond motifs is 2. The highest BCUT2D eigenvalue weighted by atomic mass is 19.1. The van der Waals surface area contributed by atoms with Crippen LogP contribution < -0.4 is 15.2 Å². The first-order valence-corrected chi connectivity index (χ1v) is 13.7. The number of methoxy groups -OCH3 is 1. The van der Waals surface area contributed by atoms with Crippen molar-refractivity contribution in [1.82, 2.24) is 9.55 Å². The molecular formula is C33H31FN2O5. The number of nitrogens with zero attached hydrogens (tertiary/aromatic N) is 2. The third-order valence-corrected chi connectivity index (χ3v) is 8.14. The molecule has 0 fully saturated rings. The molecule has 3 aromatic carbocycles. The van der Waals surface area contributed by atoms with Crippen LogP contribution in [-0.2, 0) is 23.0 Å². The average molecular weight is 555 g/mol. The van der Waals surface area contributed by atoms with Crippen LogP contribution in [0.4, 0.5) is 4.39 Å². The second-order valence-electron chi connectivity index (χ2n) is 10.8. The summed E-state index contributed by atoms with van der Waals surface area (Å²) in [4.78, 5) is 28.0. The molecule has 8 heteroatoms. The molecule has 0 N–H and O–H groups in total. The topological polar surface area (TPSA) is 79.7 Å². The quantitative estimate of drug-likeness (QED) is 0.273. The van der Waals surface area contributed by atoms with Gasteiger partial charge >= 0.3 is 11.7 Å². The molecule has 6 rings (SSSR count). The number of rotatable bonds is 6. The van der Waals surface area contributed by atoms with Crippen molar-refractivity contribution in [2.45, 2.75) is 45.1 Å². The monoisotopic (exact) mass is 554 g/mol. The SMILES string of the molecule is COC(=O)C[C@@H]1COc2cc(O[C@@H]3CCc4c(-c5c(C)cc(-c6ccn(C)c(=O)n6)cc5C)ccc(F)c43)ccc21. The highest BCUT2D eigenvalue weighted by Gasteiger charge is 2.32. The zero-order chi connectivity index (χ0) is 28.8. The van der Waals surface area contributed by atoms with Gasteiger partial charge in [-0.2, -0.15) is 4.98 Å². The van der Waals surface area contributed by atoms with Gasteiger partial charge in [0.05, 0.1) is 25.8 Å². The lowest BCUT2D eigenvalue weighted by molar-refractivity contribution is -0.141. The molecule has 0 saturated carbocycles. The van der Waals surface area contributed by atoms with Crippen LogP contribution in [0.1, 0.15) is 52.7 Å². The van der Waals surface area contributed by atoms with E-state index in [1.54, 1.807) is 13.2 Å². The van der Waals surface area contributed by atoms with Gasteiger partial charge in [-0.1, -0.05) is 12.1 Å². The first-order chi connectivity index (χ1) is 19.7. The summed E-state index contributed by atoms with van der Waals surface area (Å²) >= 11 is 0. The Morgan fingerprint density at radius 1 is 1.12 bits per heavy atom. The molecule has 1 aliphatic carbocycles. The fraction of sp³-hybridized carbons (Fsp3) is 0.303. The van der Waals surface area contributed by atoms with E-state index in [2.05, 4.69) is 4.98 Å². The lowest BCUT2D eigenvalue weighted by Crippen LogP contribution is -2.19. The summed E-state index contributed by atoms with van der Waals surface area (Å²) in [5.41, 5.74) is 7.78. The van der Waals surface area contributed by atoms with Crippen LogP contribution in [0.2, 0.25) is 0 Å². The largest absolute Gasteiger partial charge is 0.492 e. The number of carbonyl (C=O) groups is 1. The number of hydrogen-bond donors (Lipinski definition) is 0. The van der Waals surface area contributed by atoms with E-state index in [9.17, 15) is 9.59 Å². The van der Waals surface area contributed by atoms with Gasteiger partial charge in [-0.25, -0.2) is 9.18 Å². The highest BCUT2D eigenvalue weighted by molar-refractivity contribution is 5.79. The van der Waals surface area contributed by atoms with Crippen LogP contribution in [0, 0.1) is 19.7 Å². The van der Waals surface area contributed by atoms with Crippen LogP contribution in [0.5, 0.6) is 11.5 Å². The first kappa shape index (κ1) is 26.7. The molecule has 210 valence electrons. The molecule has 0 bridgehead atoms. The number of carbonyl (C=O) groups excluding carboxylic acids is 1. The molecule has 0 radical (unpaired) electrons. The van der Waals surface area contributed by atoms with Gasteiger partial charge in [0.1, 0.15) is 23.4 Å². The van der Waals surface area contributed by atoms with Gasteiger partial charge in [-0.15, -0.1) is 0 Å². The van der Waals surface area contributed by atoms with Gasteiger partial charge in [0.2, 0.25) is 0 Å². The number of esters is 1. The van der Waals surface area contributed by atoms with Crippen molar-refractivity contribution in [3.63, 3.8) is 0 Å². The van der Waals surface area contributed by atoms with Crippen molar-refractivity contribution in [3.05, 3.63) is 98.8 Å². The van der Waals surface area contributed by atoms with Gasteiger partial charge in [0.15, 0.2) is 0 Å². The van der Waals surface area contributed by atoms with Crippen LogP contribution in [0.15, 0.2) is 59.5 Å². The van der Waals surface area contributed by atoms with Crippen molar-refractivity contribution in [2.75, 3.05) is 13.7 Å². The molecule has 2 heterocycles. The third-order valence-electron chi connectivity index (χ3n) is 8.14. The van der Waals surface area contributed by atoms with E-state index >= 15 is 4.39 Å². The summed E-state index contributed by atoms with van der Waals surface area (Å²) in [5.74, 6) is 0.671. The normalized spacial score (nSPS) is 17.1. The van der Waals surface area contributed by atoms with E-state index in [4.69, 9.17) is 14.2 Å². The summed E-state index contributed by atoms with van der Waals surface area (Å²) in [7, 11) is 3.05. The molecule has 2 aliphatic rings. The summed E-state index contributed by atoms with van der Waals surface area (Å²) in [5, 5.41) is 0. The zero-order valence-electron chi connectivity index (χ0n) is 23.5. The Morgan fingerprint density at radius 2 is 1.90 bits per heavy atom. The maximum Gasteiger partial charge on any atom is 0.347 e. The summed E-state index contributed by atoms with van der Waals surface area (Å²) < 4.78 is 33.7. The van der Waals surface area contributed by atoms with E-state index in [1.165, 1.54) is 17.7 Å². The number of halogens is 1. The number of hydrogen-bond acceptors (Lipinski definition) is 6. The van der Waals surface area contributed by atoms with E-state index in [0.717, 1.165) is 38.9 Å². The van der Waals surface area contributed by atoms with E-state index in [1.807, 2.05) is 56.3 Å². The molecule has 0 unspecified atom stereocenters. The van der Waals surface area contributed by atoms with Crippen molar-refractivity contribution < 1.29 is 23.4 Å². The van der Waals surface area contributed by atoms with Crippen LogP contribution in [0.3, 0.4) is 0 Å². The van der Waals surface area contributed by atoms with Gasteiger partial charge in [0.25, 0.3) is 0 Å². The fourth-order valence-corrected chi connectivity index (χ4v) is 6.14. The molecule has 2 atom stereocenters. The molecule has 41 heavy (non-hydrogen) atoms. The highest BCUT2D eigenvalue weighted by Crippen LogP contribution is 2.45. The van der Waals surface area contributed by atoms with Crippen LogP contribution in [0.25, 0.3) is 22.4 Å². The minimum atomic E-state index is -0.431. The molecule has 4 aromatic rings. The number of aromatic nitrogens is 2. The van der Waals surface area contributed by atoms with E-state index < -0.39 is 6.10 Å². The smallest absolute Gasteiger partial charge is 0.347 e. The zero-order valence-corrected chi connectivity index (χ0v) is 23.5. The molecule has 0 spiro atoms. The summed E-state index contributed by atoms with van der Waals surface area (Å²) in [6.07, 6.45) is 2.88. The Kier molecular flexibility index (Phi) is 6.85. The number of benzene rings is 3. The summed E-state index contributed by atoms with van der Waals surface area (Å²) in [6.45, 7) is 4.47. The van der Waals surface area contributed by atoms with Crippen LogP contribution in [-0.4, -0.2) is 29.2 Å². The number of ether oxygens (including phenoxy) is 3. The maximum atomic E-state index is 15.3. The fourth-order valence-electron chi connectivity index (χ4n) is 6.14. The summed E-state index contributed by atoms with van der Waals surface area (Å²) in [6, 6.07) is 14.9. The Hall–Kier alpha value is -4.46. The van der Waals surface area contributed by atoms with Gasteiger partial charge in [0, 0.05) is 41.9 Å². The van der Waals surface area contributed by atoms with E-state index in [0.29, 0.717) is 42.2 Å². The lowest BCUT2D eigenvalue weighted by Gasteiger charge is -2.19. The predicted octanol–water partition coefficient (Wildman–Crippen LogP) is 5.98. The average Bonchev–Trinajstić information content (AvgIpc) is 3.55. The third kappa shape index (κ3) is 4.88. The van der Waals surface area contributed by atoms with Gasteiger partial charge in [-0.3, -0.25) is 4.79 Å². The Bertz CT molecular complexity index is 1720. The van der Waals surface area contributed by atoms with E-state index in [-0.39, 0.29) is 29.8 Å². The molecular weight excluding hydrogens is 523 g/mol.